The van der Waals surface area contributed by atoms with Crippen LogP contribution in [0.3, 0.4) is 0 Å². The molecule has 1 aromatic carbocycles. The Bertz CT molecular complexity index is 519. The van der Waals surface area contributed by atoms with E-state index in [4.69, 9.17) is 0 Å². The Balaban J connectivity index is 1.61. The van der Waals surface area contributed by atoms with Crippen LogP contribution in [0.2, 0.25) is 0 Å². The second-order valence-corrected chi connectivity index (χ2v) is 6.47. The molecule has 3 heteroatoms. The average molecular weight is 270 g/mol. The zero-order chi connectivity index (χ0) is 13.5. The number of benzene rings is 1. The van der Waals surface area contributed by atoms with Gasteiger partial charge in [-0.05, 0) is 56.1 Å². The van der Waals surface area contributed by atoms with Crippen molar-refractivity contribution >= 4 is 6.03 Å². The molecule has 0 saturated heterocycles. The number of amides is 2. The van der Waals surface area contributed by atoms with E-state index in [-0.39, 0.29) is 6.03 Å². The van der Waals surface area contributed by atoms with Gasteiger partial charge in [-0.1, -0.05) is 24.3 Å². The van der Waals surface area contributed by atoms with E-state index in [1.54, 1.807) is 0 Å². The van der Waals surface area contributed by atoms with E-state index in [1.807, 2.05) is 0 Å². The van der Waals surface area contributed by atoms with E-state index < -0.39 is 0 Å². The van der Waals surface area contributed by atoms with E-state index in [0.717, 1.165) is 25.7 Å². The largest absolute Gasteiger partial charge is 0.335 e. The molecule has 106 valence electrons. The molecule has 0 aromatic heterocycles. The first kappa shape index (κ1) is 12.2. The third kappa shape index (κ3) is 2.30. The van der Waals surface area contributed by atoms with Gasteiger partial charge in [0.1, 0.15) is 0 Å². The number of fused-ring (bicyclic) bond motifs is 1. The first-order chi connectivity index (χ1) is 9.83. The second kappa shape index (κ2) is 4.80. The Hall–Kier alpha value is -1.51. The van der Waals surface area contributed by atoms with E-state index in [1.165, 1.54) is 30.4 Å². The molecule has 2 amide bonds. The SMILES string of the molecule is O=C(NC1CC1)N(C1CC1)[C@@H]1CCCc2ccccc21. The summed E-state index contributed by atoms with van der Waals surface area (Å²) < 4.78 is 0. The summed E-state index contributed by atoms with van der Waals surface area (Å²) in [5.74, 6) is 0. The molecule has 1 aromatic rings. The minimum Gasteiger partial charge on any atom is -0.335 e. The summed E-state index contributed by atoms with van der Waals surface area (Å²) in [6, 6.07) is 10.1. The third-order valence-electron chi connectivity index (χ3n) is 4.75. The summed E-state index contributed by atoms with van der Waals surface area (Å²) in [6.45, 7) is 0. The Morgan fingerprint density at radius 3 is 2.65 bits per heavy atom. The molecule has 0 bridgehead atoms. The molecule has 0 heterocycles. The number of hydrogen-bond donors (Lipinski definition) is 1. The molecule has 0 spiro atoms. The van der Waals surface area contributed by atoms with Crippen molar-refractivity contribution in [1.82, 2.24) is 10.2 Å². The highest BCUT2D eigenvalue weighted by Crippen LogP contribution is 2.41. The lowest BCUT2D eigenvalue weighted by Crippen LogP contribution is -2.45. The van der Waals surface area contributed by atoms with Crippen LogP contribution in [-0.4, -0.2) is 23.0 Å². The fourth-order valence-corrected chi connectivity index (χ4v) is 3.41. The minimum absolute atomic E-state index is 0.178. The Morgan fingerprint density at radius 1 is 1.10 bits per heavy atom. The first-order valence-electron chi connectivity index (χ1n) is 7.99. The maximum absolute atomic E-state index is 12.6. The molecule has 0 unspecified atom stereocenters. The van der Waals surface area contributed by atoms with Gasteiger partial charge in [0.15, 0.2) is 0 Å². The molecule has 0 radical (unpaired) electrons. The van der Waals surface area contributed by atoms with E-state index >= 15 is 0 Å². The zero-order valence-corrected chi connectivity index (χ0v) is 11.8. The van der Waals surface area contributed by atoms with Gasteiger partial charge < -0.3 is 10.2 Å². The first-order valence-corrected chi connectivity index (χ1v) is 7.99. The van der Waals surface area contributed by atoms with Crippen LogP contribution < -0.4 is 5.32 Å². The molecule has 0 aliphatic heterocycles. The predicted octanol–water partition coefficient (Wildman–Crippen LogP) is 3.40. The van der Waals surface area contributed by atoms with Gasteiger partial charge in [0.2, 0.25) is 0 Å². The van der Waals surface area contributed by atoms with Gasteiger partial charge in [0.05, 0.1) is 6.04 Å². The number of nitrogens with one attached hydrogen (secondary N) is 1. The number of urea groups is 1. The number of hydrogen-bond acceptors (Lipinski definition) is 1. The normalized spacial score (nSPS) is 24.9. The highest BCUT2D eigenvalue weighted by atomic mass is 16.2. The molecular formula is C17H22N2O. The van der Waals surface area contributed by atoms with Crippen molar-refractivity contribution in [2.24, 2.45) is 0 Å². The van der Waals surface area contributed by atoms with Gasteiger partial charge in [-0.3, -0.25) is 0 Å². The summed E-state index contributed by atoms with van der Waals surface area (Å²) in [6.07, 6.45) is 8.15. The van der Waals surface area contributed by atoms with E-state index in [2.05, 4.69) is 34.5 Å². The maximum Gasteiger partial charge on any atom is 0.318 e. The van der Waals surface area contributed by atoms with Gasteiger partial charge in [-0.2, -0.15) is 0 Å². The molecule has 2 fully saturated rings. The van der Waals surface area contributed by atoms with Crippen molar-refractivity contribution in [3.05, 3.63) is 35.4 Å². The average Bonchev–Trinajstić information content (AvgIpc) is 3.34. The standard InChI is InChI=1S/C17H22N2O/c20-17(18-13-8-9-13)19(14-10-11-14)16-7-3-5-12-4-1-2-6-15(12)16/h1-2,4,6,13-14,16H,3,5,7-11H2,(H,18,20)/t16-/m1/s1. The summed E-state index contributed by atoms with van der Waals surface area (Å²) in [5.41, 5.74) is 2.82. The molecule has 20 heavy (non-hydrogen) atoms. The smallest absolute Gasteiger partial charge is 0.318 e. The van der Waals surface area contributed by atoms with Crippen LogP contribution in [0.5, 0.6) is 0 Å². The molecule has 1 N–H and O–H groups in total. The highest BCUT2D eigenvalue weighted by Gasteiger charge is 2.40. The van der Waals surface area contributed by atoms with Gasteiger partial charge in [0.25, 0.3) is 0 Å². The van der Waals surface area contributed by atoms with Crippen molar-refractivity contribution in [3.8, 4) is 0 Å². The topological polar surface area (TPSA) is 32.3 Å². The lowest BCUT2D eigenvalue weighted by molar-refractivity contribution is 0.161. The fraction of sp³-hybridized carbons (Fsp3) is 0.588. The van der Waals surface area contributed by atoms with Gasteiger partial charge >= 0.3 is 6.03 Å². The van der Waals surface area contributed by atoms with Crippen molar-refractivity contribution < 1.29 is 4.79 Å². The zero-order valence-electron chi connectivity index (χ0n) is 11.8. The van der Waals surface area contributed by atoms with Crippen LogP contribution in [0, 0.1) is 0 Å². The number of carbonyl (C=O) groups is 1. The van der Waals surface area contributed by atoms with Crippen molar-refractivity contribution in [3.63, 3.8) is 0 Å². The number of aryl methyl sites for hydroxylation is 1. The highest BCUT2D eigenvalue weighted by molar-refractivity contribution is 5.76. The minimum atomic E-state index is 0.178. The van der Waals surface area contributed by atoms with Crippen LogP contribution in [0.4, 0.5) is 4.79 Å². The van der Waals surface area contributed by atoms with Gasteiger partial charge in [-0.25, -0.2) is 4.79 Å². The number of rotatable bonds is 3. The van der Waals surface area contributed by atoms with Crippen molar-refractivity contribution in [1.29, 1.82) is 0 Å². The van der Waals surface area contributed by atoms with Crippen LogP contribution >= 0.6 is 0 Å². The van der Waals surface area contributed by atoms with E-state index in [0.29, 0.717) is 18.1 Å². The molecule has 3 nitrogen and oxygen atoms in total. The van der Waals surface area contributed by atoms with Crippen molar-refractivity contribution in [2.45, 2.75) is 63.1 Å². The van der Waals surface area contributed by atoms with E-state index in [9.17, 15) is 4.79 Å². The Labute approximate surface area is 120 Å². The molecule has 3 aliphatic carbocycles. The summed E-state index contributed by atoms with van der Waals surface area (Å²) in [5, 5.41) is 3.19. The predicted molar refractivity (Wildman–Crippen MR) is 78.5 cm³/mol. The molecular weight excluding hydrogens is 248 g/mol. The lowest BCUT2D eigenvalue weighted by Gasteiger charge is -2.36. The molecule has 3 aliphatic rings. The molecule has 4 rings (SSSR count). The van der Waals surface area contributed by atoms with Crippen LogP contribution in [0.15, 0.2) is 24.3 Å². The second-order valence-electron chi connectivity index (χ2n) is 6.47. The Morgan fingerprint density at radius 2 is 1.90 bits per heavy atom. The fourth-order valence-electron chi connectivity index (χ4n) is 3.41. The molecule has 2 saturated carbocycles. The monoisotopic (exact) mass is 270 g/mol. The van der Waals surface area contributed by atoms with Gasteiger partial charge in [-0.15, -0.1) is 0 Å². The van der Waals surface area contributed by atoms with Crippen LogP contribution in [0.1, 0.15) is 55.7 Å². The number of carbonyl (C=O) groups excluding carboxylic acids is 1. The maximum atomic E-state index is 12.6. The van der Waals surface area contributed by atoms with Crippen molar-refractivity contribution in [2.75, 3.05) is 0 Å². The third-order valence-corrected chi connectivity index (χ3v) is 4.75. The Kier molecular flexibility index (Phi) is 2.94. The van der Waals surface area contributed by atoms with Crippen LogP contribution in [0.25, 0.3) is 0 Å². The summed E-state index contributed by atoms with van der Waals surface area (Å²) in [7, 11) is 0. The van der Waals surface area contributed by atoms with Gasteiger partial charge in [0, 0.05) is 12.1 Å². The lowest BCUT2D eigenvalue weighted by atomic mass is 9.87. The summed E-state index contributed by atoms with van der Waals surface area (Å²) >= 11 is 0. The number of nitrogens with zero attached hydrogens (tertiary/aromatic N) is 1. The summed E-state index contributed by atoms with van der Waals surface area (Å²) in [4.78, 5) is 14.8. The quantitative estimate of drug-likeness (QED) is 0.897. The molecule has 1 atom stereocenters. The van der Waals surface area contributed by atoms with Crippen LogP contribution in [-0.2, 0) is 6.42 Å².